The van der Waals surface area contributed by atoms with Crippen LogP contribution < -0.4 is 5.32 Å². The highest BCUT2D eigenvalue weighted by Gasteiger charge is 2.21. The Labute approximate surface area is 125 Å². The molecule has 0 bridgehead atoms. The lowest BCUT2D eigenvalue weighted by atomic mass is 10.1. The van der Waals surface area contributed by atoms with E-state index >= 15 is 0 Å². The first-order valence-electron chi connectivity index (χ1n) is 6.63. The fourth-order valence-electron chi connectivity index (χ4n) is 2.50. The molecule has 1 N–H and O–H groups in total. The number of aryl methyl sites for hydroxylation is 2. The summed E-state index contributed by atoms with van der Waals surface area (Å²) >= 11 is 5.29. The van der Waals surface area contributed by atoms with Crippen molar-refractivity contribution in [2.45, 2.75) is 45.3 Å². The van der Waals surface area contributed by atoms with Crippen LogP contribution in [0.15, 0.2) is 15.9 Å². The van der Waals surface area contributed by atoms with E-state index in [9.17, 15) is 0 Å². The van der Waals surface area contributed by atoms with Crippen molar-refractivity contribution in [3.05, 3.63) is 32.4 Å². The van der Waals surface area contributed by atoms with E-state index in [1.165, 1.54) is 9.35 Å². The summed E-state index contributed by atoms with van der Waals surface area (Å²) in [5.74, 6) is 2.26. The number of hydrogen-bond acceptors (Lipinski definition) is 4. The predicted molar refractivity (Wildman–Crippen MR) is 80.4 cm³/mol. The quantitative estimate of drug-likeness (QED) is 0.930. The highest BCUT2D eigenvalue weighted by Crippen LogP contribution is 2.20. The van der Waals surface area contributed by atoms with E-state index in [0.717, 1.165) is 44.0 Å². The Balaban J connectivity index is 1.62. The second-order valence-corrected chi connectivity index (χ2v) is 6.76. The van der Waals surface area contributed by atoms with Gasteiger partial charge >= 0.3 is 0 Å². The van der Waals surface area contributed by atoms with Crippen LogP contribution in [0.1, 0.15) is 29.9 Å². The van der Waals surface area contributed by atoms with Crippen molar-refractivity contribution >= 4 is 27.3 Å². The lowest BCUT2D eigenvalue weighted by Crippen LogP contribution is -2.37. The third-order valence-corrected chi connectivity index (χ3v) is 5.22. The first kappa shape index (κ1) is 13.3. The van der Waals surface area contributed by atoms with Gasteiger partial charge in [0, 0.05) is 46.7 Å². The molecule has 1 aliphatic heterocycles. The number of hydrogen-bond donors (Lipinski definition) is 1. The van der Waals surface area contributed by atoms with Gasteiger partial charge < -0.3 is 9.88 Å². The summed E-state index contributed by atoms with van der Waals surface area (Å²) in [6.07, 6.45) is 3.13. The number of thiophene rings is 1. The van der Waals surface area contributed by atoms with Crippen LogP contribution in [0.5, 0.6) is 0 Å². The maximum Gasteiger partial charge on any atom is 0.133 e. The van der Waals surface area contributed by atoms with Crippen LogP contribution in [0.3, 0.4) is 0 Å². The molecule has 0 amide bonds. The Morgan fingerprint density at radius 3 is 3.16 bits per heavy atom. The molecule has 0 saturated heterocycles. The van der Waals surface area contributed by atoms with E-state index in [4.69, 9.17) is 0 Å². The summed E-state index contributed by atoms with van der Waals surface area (Å²) < 4.78 is 3.46. The topological polar surface area (TPSA) is 42.7 Å². The molecule has 1 aliphatic rings. The highest BCUT2D eigenvalue weighted by molar-refractivity contribution is 9.10. The number of nitrogens with zero attached hydrogens (tertiary/aromatic N) is 3. The van der Waals surface area contributed by atoms with Crippen molar-refractivity contribution in [2.24, 2.45) is 0 Å². The van der Waals surface area contributed by atoms with Crippen LogP contribution in [-0.4, -0.2) is 20.8 Å². The van der Waals surface area contributed by atoms with Gasteiger partial charge in [0.25, 0.3) is 0 Å². The molecule has 102 valence electrons. The Kier molecular flexibility index (Phi) is 4.00. The summed E-state index contributed by atoms with van der Waals surface area (Å²) in [5.41, 5.74) is 0. The molecule has 19 heavy (non-hydrogen) atoms. The van der Waals surface area contributed by atoms with Gasteiger partial charge in [0.1, 0.15) is 11.6 Å². The molecule has 4 nitrogen and oxygen atoms in total. The van der Waals surface area contributed by atoms with Gasteiger partial charge in [-0.25, -0.2) is 0 Å². The van der Waals surface area contributed by atoms with Crippen LogP contribution >= 0.6 is 27.3 Å². The van der Waals surface area contributed by atoms with Gasteiger partial charge in [0.15, 0.2) is 0 Å². The number of aromatic nitrogens is 3. The third kappa shape index (κ3) is 2.90. The van der Waals surface area contributed by atoms with Gasteiger partial charge in [-0.3, -0.25) is 0 Å². The summed E-state index contributed by atoms with van der Waals surface area (Å²) in [5, 5.41) is 14.3. The van der Waals surface area contributed by atoms with E-state index in [2.05, 4.69) is 54.4 Å². The van der Waals surface area contributed by atoms with Crippen molar-refractivity contribution < 1.29 is 0 Å². The van der Waals surface area contributed by atoms with Gasteiger partial charge in [-0.1, -0.05) is 6.92 Å². The Morgan fingerprint density at radius 1 is 1.53 bits per heavy atom. The molecule has 0 unspecified atom stereocenters. The van der Waals surface area contributed by atoms with Crippen molar-refractivity contribution in [3.63, 3.8) is 0 Å². The Morgan fingerprint density at radius 2 is 2.42 bits per heavy atom. The molecular formula is C13H17BrN4S. The van der Waals surface area contributed by atoms with Gasteiger partial charge in [0.05, 0.1) is 0 Å². The minimum absolute atomic E-state index is 0.523. The van der Waals surface area contributed by atoms with Gasteiger partial charge in [-0.05, 0) is 28.4 Å². The van der Waals surface area contributed by atoms with Crippen molar-refractivity contribution in [1.29, 1.82) is 0 Å². The molecule has 6 heteroatoms. The molecule has 3 heterocycles. The van der Waals surface area contributed by atoms with Crippen LogP contribution in [0.4, 0.5) is 0 Å². The van der Waals surface area contributed by atoms with Crippen LogP contribution in [-0.2, 0) is 25.9 Å². The van der Waals surface area contributed by atoms with Crippen LogP contribution in [0.2, 0.25) is 0 Å². The number of halogens is 1. The first-order valence-corrected chi connectivity index (χ1v) is 8.30. The summed E-state index contributed by atoms with van der Waals surface area (Å²) in [7, 11) is 0. The summed E-state index contributed by atoms with van der Waals surface area (Å²) in [6.45, 7) is 4.08. The van der Waals surface area contributed by atoms with Gasteiger partial charge in [-0.2, -0.15) is 0 Å². The maximum atomic E-state index is 4.26. The molecule has 1 atom stereocenters. The zero-order valence-electron chi connectivity index (χ0n) is 10.9. The monoisotopic (exact) mass is 340 g/mol. The average Bonchev–Trinajstić information content (AvgIpc) is 3.01. The highest BCUT2D eigenvalue weighted by atomic mass is 79.9. The first-order chi connectivity index (χ1) is 9.26. The van der Waals surface area contributed by atoms with Crippen LogP contribution in [0, 0.1) is 0 Å². The average molecular weight is 341 g/mol. The second kappa shape index (κ2) is 5.73. The lowest BCUT2D eigenvalue weighted by molar-refractivity contribution is 0.374. The zero-order valence-corrected chi connectivity index (χ0v) is 13.3. The summed E-state index contributed by atoms with van der Waals surface area (Å²) in [4.78, 5) is 1.37. The molecular weight excluding hydrogens is 324 g/mol. The van der Waals surface area contributed by atoms with Gasteiger partial charge in [0.2, 0.25) is 0 Å². The third-order valence-electron chi connectivity index (χ3n) is 3.53. The number of nitrogens with one attached hydrogen (secondary N) is 1. The van der Waals surface area contributed by atoms with Crippen molar-refractivity contribution in [3.8, 4) is 0 Å². The largest absolute Gasteiger partial charge is 0.313 e. The lowest BCUT2D eigenvalue weighted by Gasteiger charge is -2.25. The van der Waals surface area contributed by atoms with E-state index in [1.54, 1.807) is 11.3 Å². The minimum Gasteiger partial charge on any atom is -0.313 e. The van der Waals surface area contributed by atoms with Crippen molar-refractivity contribution in [1.82, 2.24) is 20.1 Å². The standard InChI is InChI=1S/C13H17BrN4S/c1-2-12-16-17-13-4-3-10(7-18(12)13)15-6-11-5-9(14)8-19-11/h5,8,10,15H,2-4,6-7H2,1H3/t10-/m1/s1. The predicted octanol–water partition coefficient (Wildman–Crippen LogP) is 2.77. The molecule has 0 aliphatic carbocycles. The Hall–Kier alpha value is -0.720. The van der Waals surface area contributed by atoms with Crippen LogP contribution in [0.25, 0.3) is 0 Å². The van der Waals surface area contributed by atoms with E-state index in [1.807, 2.05) is 0 Å². The molecule has 0 radical (unpaired) electrons. The fraction of sp³-hybridized carbons (Fsp3) is 0.538. The van der Waals surface area contributed by atoms with Crippen molar-refractivity contribution in [2.75, 3.05) is 0 Å². The zero-order chi connectivity index (χ0) is 13.2. The molecule has 3 rings (SSSR count). The SMILES string of the molecule is CCc1nnc2n1C[C@H](NCc1cc(Br)cs1)CC2. The molecule has 0 saturated carbocycles. The molecule has 0 fully saturated rings. The maximum absolute atomic E-state index is 4.26. The number of fused-ring (bicyclic) bond motifs is 1. The van der Waals surface area contributed by atoms with E-state index in [-0.39, 0.29) is 0 Å². The Bertz CT molecular complexity index is 549. The summed E-state index contributed by atoms with van der Waals surface area (Å²) in [6, 6.07) is 2.71. The molecule has 2 aromatic heterocycles. The normalized spacial score (nSPS) is 18.5. The molecule has 2 aromatic rings. The fourth-order valence-corrected chi connectivity index (χ4v) is 3.90. The van der Waals surface area contributed by atoms with E-state index < -0.39 is 0 Å². The van der Waals surface area contributed by atoms with Gasteiger partial charge in [-0.15, -0.1) is 21.5 Å². The molecule has 0 spiro atoms. The van der Waals surface area contributed by atoms with E-state index in [0.29, 0.717) is 6.04 Å². The molecule has 0 aromatic carbocycles. The second-order valence-electron chi connectivity index (χ2n) is 4.84. The smallest absolute Gasteiger partial charge is 0.133 e. The minimum atomic E-state index is 0.523. The number of rotatable bonds is 4.